The predicted molar refractivity (Wildman–Crippen MR) is 102 cm³/mol. The van der Waals surface area contributed by atoms with Crippen LogP contribution in [0.25, 0.3) is 5.82 Å². The Bertz CT molecular complexity index is 901. The number of pyridine rings is 1. The highest BCUT2D eigenvalue weighted by molar-refractivity contribution is 7.09. The van der Waals surface area contributed by atoms with Gasteiger partial charge < -0.3 is 10.2 Å². The molecule has 1 aliphatic heterocycles. The number of nitrogens with zero attached hydrogens (tertiary/aromatic N) is 7. The summed E-state index contributed by atoms with van der Waals surface area (Å²) in [6.45, 7) is 5.85. The molecule has 10 heteroatoms. The molecule has 1 aliphatic rings. The van der Waals surface area contributed by atoms with Gasteiger partial charge in [0.1, 0.15) is 12.7 Å². The maximum absolute atomic E-state index is 12.7. The third kappa shape index (κ3) is 4.12. The SMILES string of the molecule is Cc1nc(CN2CCN(C(=O)Nc3cccnc3-n3cncn3)CC2)cs1. The fraction of sp³-hybridized carbons (Fsp3) is 0.353. The highest BCUT2D eigenvalue weighted by Gasteiger charge is 2.22. The molecular formula is C17H20N8OS. The van der Waals surface area contributed by atoms with Gasteiger partial charge in [-0.1, -0.05) is 0 Å². The summed E-state index contributed by atoms with van der Waals surface area (Å²) in [6, 6.07) is 3.46. The van der Waals surface area contributed by atoms with Crippen LogP contribution < -0.4 is 5.32 Å². The highest BCUT2D eigenvalue weighted by atomic mass is 32.1. The van der Waals surface area contributed by atoms with Gasteiger partial charge in [0.2, 0.25) is 0 Å². The minimum absolute atomic E-state index is 0.131. The minimum atomic E-state index is -0.131. The number of rotatable bonds is 4. The molecule has 3 aromatic rings. The Kier molecular flexibility index (Phi) is 5.07. The Hall–Kier alpha value is -2.85. The quantitative estimate of drug-likeness (QED) is 0.737. The molecule has 9 nitrogen and oxygen atoms in total. The molecule has 140 valence electrons. The molecule has 3 aromatic heterocycles. The van der Waals surface area contributed by atoms with Gasteiger partial charge in [0.25, 0.3) is 0 Å². The van der Waals surface area contributed by atoms with E-state index < -0.39 is 0 Å². The van der Waals surface area contributed by atoms with Crippen molar-refractivity contribution in [3.63, 3.8) is 0 Å². The van der Waals surface area contributed by atoms with E-state index in [1.54, 1.807) is 29.9 Å². The third-order valence-electron chi connectivity index (χ3n) is 4.38. The predicted octanol–water partition coefficient (Wildman–Crippen LogP) is 1.78. The summed E-state index contributed by atoms with van der Waals surface area (Å²) >= 11 is 1.67. The fourth-order valence-corrected chi connectivity index (χ4v) is 3.61. The molecule has 27 heavy (non-hydrogen) atoms. The van der Waals surface area contributed by atoms with Crippen LogP contribution >= 0.6 is 11.3 Å². The van der Waals surface area contributed by atoms with Gasteiger partial charge in [-0.3, -0.25) is 4.90 Å². The van der Waals surface area contributed by atoms with Crippen molar-refractivity contribution < 1.29 is 4.79 Å². The number of aryl methyl sites for hydroxylation is 1. The number of amides is 2. The van der Waals surface area contributed by atoms with Crippen LogP contribution in [0.1, 0.15) is 10.7 Å². The summed E-state index contributed by atoms with van der Waals surface area (Å²) in [7, 11) is 0. The second-order valence-electron chi connectivity index (χ2n) is 6.27. The van der Waals surface area contributed by atoms with E-state index in [9.17, 15) is 4.79 Å². The average Bonchev–Trinajstić information content (AvgIpc) is 3.35. The van der Waals surface area contributed by atoms with E-state index in [2.05, 4.69) is 35.6 Å². The van der Waals surface area contributed by atoms with Gasteiger partial charge in [-0.05, 0) is 19.1 Å². The first-order valence-electron chi connectivity index (χ1n) is 8.68. The molecule has 1 N–H and O–H groups in total. The maximum Gasteiger partial charge on any atom is 0.322 e. The fourth-order valence-electron chi connectivity index (χ4n) is 3.01. The Morgan fingerprint density at radius 3 is 2.85 bits per heavy atom. The van der Waals surface area contributed by atoms with Crippen molar-refractivity contribution in [2.75, 3.05) is 31.5 Å². The number of aromatic nitrogens is 5. The lowest BCUT2D eigenvalue weighted by Gasteiger charge is -2.34. The normalized spacial score (nSPS) is 15.1. The largest absolute Gasteiger partial charge is 0.322 e. The summed E-state index contributed by atoms with van der Waals surface area (Å²) in [6.07, 6.45) is 4.64. The molecule has 1 saturated heterocycles. The molecule has 0 radical (unpaired) electrons. The number of piperazine rings is 1. The molecule has 4 rings (SSSR count). The molecule has 1 fully saturated rings. The number of carbonyl (C=O) groups is 1. The maximum atomic E-state index is 12.7. The van der Waals surface area contributed by atoms with Crippen LogP contribution in [0.3, 0.4) is 0 Å². The molecule has 0 unspecified atom stereocenters. The molecule has 0 atom stereocenters. The van der Waals surface area contributed by atoms with Gasteiger partial charge in [0.15, 0.2) is 5.82 Å². The van der Waals surface area contributed by atoms with E-state index in [4.69, 9.17) is 0 Å². The smallest absolute Gasteiger partial charge is 0.322 e. The molecule has 0 spiro atoms. The molecule has 0 aromatic carbocycles. The van der Waals surface area contributed by atoms with Gasteiger partial charge >= 0.3 is 6.03 Å². The second kappa shape index (κ2) is 7.80. The minimum Gasteiger partial charge on any atom is -0.322 e. The van der Waals surface area contributed by atoms with Crippen LogP contribution in [0, 0.1) is 6.92 Å². The zero-order chi connectivity index (χ0) is 18.6. The number of urea groups is 1. The molecule has 4 heterocycles. The topological polar surface area (TPSA) is 92.1 Å². The zero-order valence-electron chi connectivity index (χ0n) is 14.9. The second-order valence-corrected chi connectivity index (χ2v) is 7.33. The summed E-state index contributed by atoms with van der Waals surface area (Å²) in [5.41, 5.74) is 1.71. The monoisotopic (exact) mass is 384 g/mol. The van der Waals surface area contributed by atoms with Crippen molar-refractivity contribution in [3.8, 4) is 5.82 Å². The summed E-state index contributed by atoms with van der Waals surface area (Å²) in [5.74, 6) is 0.542. The van der Waals surface area contributed by atoms with E-state index in [1.807, 2.05) is 17.9 Å². The standard InChI is InChI=1S/C17H20N8OS/c1-13-21-14(10-27-13)9-23-5-7-24(8-6-23)17(26)22-15-3-2-4-19-16(15)25-12-18-11-20-25/h2-4,10-12H,5-9H2,1H3,(H,22,26). The van der Waals surface area contributed by atoms with E-state index in [1.165, 1.54) is 11.0 Å². The molecule has 0 bridgehead atoms. The van der Waals surface area contributed by atoms with Crippen molar-refractivity contribution in [2.24, 2.45) is 0 Å². The van der Waals surface area contributed by atoms with Crippen LogP contribution in [-0.2, 0) is 6.54 Å². The van der Waals surface area contributed by atoms with Crippen LogP contribution in [0.5, 0.6) is 0 Å². The van der Waals surface area contributed by atoms with Gasteiger partial charge in [-0.25, -0.2) is 24.4 Å². The Balaban J connectivity index is 1.35. The number of anilines is 1. The Morgan fingerprint density at radius 2 is 2.15 bits per heavy atom. The van der Waals surface area contributed by atoms with Crippen molar-refractivity contribution in [1.82, 2.24) is 34.5 Å². The number of thiazole rings is 1. The number of hydrogen-bond donors (Lipinski definition) is 1. The highest BCUT2D eigenvalue weighted by Crippen LogP contribution is 2.17. The van der Waals surface area contributed by atoms with E-state index in [0.29, 0.717) is 24.6 Å². The molecule has 0 aliphatic carbocycles. The van der Waals surface area contributed by atoms with Gasteiger partial charge in [-0.15, -0.1) is 11.3 Å². The van der Waals surface area contributed by atoms with E-state index >= 15 is 0 Å². The van der Waals surface area contributed by atoms with Crippen LogP contribution in [0.15, 0.2) is 36.4 Å². The first-order chi connectivity index (χ1) is 13.2. The van der Waals surface area contributed by atoms with Gasteiger partial charge in [-0.2, -0.15) is 5.10 Å². The molecular weight excluding hydrogens is 364 g/mol. The zero-order valence-corrected chi connectivity index (χ0v) is 15.8. The number of nitrogens with one attached hydrogen (secondary N) is 1. The Labute approximate surface area is 160 Å². The number of hydrogen-bond acceptors (Lipinski definition) is 7. The Morgan fingerprint density at radius 1 is 1.30 bits per heavy atom. The molecule has 0 saturated carbocycles. The van der Waals surface area contributed by atoms with Crippen LogP contribution in [0.2, 0.25) is 0 Å². The van der Waals surface area contributed by atoms with Crippen molar-refractivity contribution in [2.45, 2.75) is 13.5 Å². The summed E-state index contributed by atoms with van der Waals surface area (Å²) in [4.78, 5) is 29.6. The first kappa shape index (κ1) is 17.6. The summed E-state index contributed by atoms with van der Waals surface area (Å²) < 4.78 is 1.53. The van der Waals surface area contributed by atoms with E-state index in [0.717, 1.165) is 30.3 Å². The van der Waals surface area contributed by atoms with Crippen LogP contribution in [-0.4, -0.2) is 66.7 Å². The van der Waals surface area contributed by atoms with Gasteiger partial charge in [0.05, 0.1) is 16.4 Å². The van der Waals surface area contributed by atoms with Crippen molar-refractivity contribution >= 4 is 23.1 Å². The van der Waals surface area contributed by atoms with Crippen molar-refractivity contribution in [3.05, 3.63) is 47.1 Å². The first-order valence-corrected chi connectivity index (χ1v) is 9.56. The average molecular weight is 384 g/mol. The lowest BCUT2D eigenvalue weighted by molar-refractivity contribution is 0.142. The lowest BCUT2D eigenvalue weighted by atomic mass is 10.3. The molecule has 2 amide bonds. The summed E-state index contributed by atoms with van der Waals surface area (Å²) in [5, 5.41) is 10.2. The van der Waals surface area contributed by atoms with E-state index in [-0.39, 0.29) is 6.03 Å². The van der Waals surface area contributed by atoms with Crippen molar-refractivity contribution in [1.29, 1.82) is 0 Å². The third-order valence-corrected chi connectivity index (χ3v) is 5.20. The number of carbonyl (C=O) groups excluding carboxylic acids is 1. The van der Waals surface area contributed by atoms with Gasteiger partial charge in [0, 0.05) is 44.3 Å². The lowest BCUT2D eigenvalue weighted by Crippen LogP contribution is -2.49. The van der Waals surface area contributed by atoms with Crippen LogP contribution in [0.4, 0.5) is 10.5 Å².